The van der Waals surface area contributed by atoms with E-state index in [0.717, 1.165) is 0 Å². The van der Waals surface area contributed by atoms with Crippen LogP contribution in [0.2, 0.25) is 0 Å². The van der Waals surface area contributed by atoms with Gasteiger partial charge in [0, 0.05) is 19.5 Å². The minimum absolute atomic E-state index is 0.0422. The van der Waals surface area contributed by atoms with Crippen molar-refractivity contribution in [1.82, 2.24) is 25.3 Å². The lowest BCUT2D eigenvalue weighted by atomic mass is 9.78. The van der Waals surface area contributed by atoms with Gasteiger partial charge < -0.3 is 26.0 Å². The number of nitrogen functional groups attached to an aromatic ring is 1. The minimum Gasteiger partial charge on any atom is -0.481 e. The predicted octanol–water partition coefficient (Wildman–Crippen LogP) is -0.505. The van der Waals surface area contributed by atoms with Crippen LogP contribution in [-0.2, 0) is 9.59 Å². The monoisotopic (exact) mass is 331 g/mol. The summed E-state index contributed by atoms with van der Waals surface area (Å²) in [5.41, 5.74) is 6.27. The van der Waals surface area contributed by atoms with Crippen molar-refractivity contribution in [3.05, 3.63) is 6.33 Å². The normalized spacial score (nSPS) is 22.9. The number of aliphatic carboxylic acids is 1. The average molecular weight is 331 g/mol. The number of piperidine rings is 1. The molecule has 1 spiro atoms. The van der Waals surface area contributed by atoms with Crippen molar-refractivity contribution in [1.29, 1.82) is 0 Å². The fraction of sp³-hybridized carbons (Fsp3) is 0.500. The maximum atomic E-state index is 11.7. The van der Waals surface area contributed by atoms with E-state index in [0.29, 0.717) is 42.9 Å². The number of nitrogens with two attached hydrogens (primary N) is 1. The average Bonchev–Trinajstić information content (AvgIpc) is 3.12. The van der Waals surface area contributed by atoms with Gasteiger partial charge in [0.2, 0.25) is 11.9 Å². The number of rotatable bonds is 2. The quantitative estimate of drug-likeness (QED) is 0.575. The maximum Gasteiger partial charge on any atom is 0.309 e. The Kier molecular flexibility index (Phi) is 3.08. The van der Waals surface area contributed by atoms with E-state index in [1.165, 1.54) is 6.33 Å². The maximum absolute atomic E-state index is 11.7. The summed E-state index contributed by atoms with van der Waals surface area (Å²) in [6.07, 6.45) is 2.65. The van der Waals surface area contributed by atoms with Crippen LogP contribution < -0.4 is 16.0 Å². The molecule has 2 aromatic rings. The summed E-state index contributed by atoms with van der Waals surface area (Å²) in [5.74, 6) is -1.01. The molecule has 4 heterocycles. The Morgan fingerprint density at radius 1 is 1.38 bits per heavy atom. The highest BCUT2D eigenvalue weighted by Gasteiger charge is 2.51. The van der Waals surface area contributed by atoms with Crippen LogP contribution >= 0.6 is 0 Å². The molecule has 1 atom stereocenters. The van der Waals surface area contributed by atoms with Crippen LogP contribution in [0.3, 0.4) is 0 Å². The van der Waals surface area contributed by atoms with Crippen LogP contribution in [0.5, 0.6) is 0 Å². The van der Waals surface area contributed by atoms with E-state index in [-0.39, 0.29) is 18.3 Å². The SMILES string of the molecule is Nc1nc(N2CCC3(CC2)NC(=O)C[C@H]3C(=O)O)c2[nH]cnc2n1. The molecule has 2 saturated heterocycles. The van der Waals surface area contributed by atoms with E-state index < -0.39 is 17.4 Å². The molecule has 10 heteroatoms. The summed E-state index contributed by atoms with van der Waals surface area (Å²) in [6.45, 7) is 1.13. The number of aromatic nitrogens is 4. The van der Waals surface area contributed by atoms with Gasteiger partial charge in [-0.1, -0.05) is 0 Å². The molecule has 0 aliphatic carbocycles. The molecule has 5 N–H and O–H groups in total. The number of carboxylic acids is 1. The molecule has 2 aromatic heterocycles. The number of amides is 1. The van der Waals surface area contributed by atoms with Crippen LogP contribution in [-0.4, -0.2) is 55.5 Å². The number of nitrogens with one attached hydrogen (secondary N) is 2. The highest BCUT2D eigenvalue weighted by Crippen LogP contribution is 2.38. The topological polar surface area (TPSA) is 150 Å². The number of hydrogen-bond acceptors (Lipinski definition) is 7. The number of carboxylic acid groups (broad SMARTS) is 1. The zero-order valence-electron chi connectivity index (χ0n) is 12.8. The molecule has 0 aromatic carbocycles. The van der Waals surface area contributed by atoms with Gasteiger partial charge in [-0.3, -0.25) is 9.59 Å². The lowest BCUT2D eigenvalue weighted by Crippen LogP contribution is -2.55. The Morgan fingerprint density at radius 3 is 2.83 bits per heavy atom. The van der Waals surface area contributed by atoms with Crippen molar-refractivity contribution >= 4 is 34.8 Å². The van der Waals surface area contributed by atoms with E-state index in [9.17, 15) is 14.7 Å². The molecular formula is C14H17N7O3. The van der Waals surface area contributed by atoms with Crippen molar-refractivity contribution in [2.45, 2.75) is 24.8 Å². The van der Waals surface area contributed by atoms with Crippen molar-refractivity contribution in [3.8, 4) is 0 Å². The molecule has 24 heavy (non-hydrogen) atoms. The first-order valence-corrected chi connectivity index (χ1v) is 7.74. The molecule has 4 rings (SSSR count). The number of aromatic amines is 1. The van der Waals surface area contributed by atoms with Gasteiger partial charge in [0.1, 0.15) is 5.52 Å². The second-order valence-electron chi connectivity index (χ2n) is 6.29. The fourth-order valence-electron chi connectivity index (χ4n) is 3.77. The van der Waals surface area contributed by atoms with Gasteiger partial charge in [0.25, 0.3) is 0 Å². The van der Waals surface area contributed by atoms with E-state index in [1.54, 1.807) is 0 Å². The van der Waals surface area contributed by atoms with Crippen molar-refractivity contribution < 1.29 is 14.7 Å². The van der Waals surface area contributed by atoms with Crippen LogP contribution in [0.4, 0.5) is 11.8 Å². The van der Waals surface area contributed by atoms with Crippen molar-refractivity contribution in [2.75, 3.05) is 23.7 Å². The third-order valence-corrected chi connectivity index (χ3v) is 4.98. The van der Waals surface area contributed by atoms with Crippen LogP contribution in [0.25, 0.3) is 11.2 Å². The smallest absolute Gasteiger partial charge is 0.309 e. The molecule has 2 aliphatic heterocycles. The van der Waals surface area contributed by atoms with Gasteiger partial charge in [0.15, 0.2) is 11.5 Å². The number of carbonyl (C=O) groups is 2. The second-order valence-corrected chi connectivity index (χ2v) is 6.29. The molecule has 126 valence electrons. The van der Waals surface area contributed by atoms with Crippen LogP contribution in [0, 0.1) is 5.92 Å². The number of nitrogens with zero attached hydrogens (tertiary/aromatic N) is 4. The van der Waals surface area contributed by atoms with E-state index in [2.05, 4.69) is 25.3 Å². The summed E-state index contributed by atoms with van der Waals surface area (Å²) in [5, 5.41) is 12.3. The zero-order valence-corrected chi connectivity index (χ0v) is 12.8. The second kappa shape index (κ2) is 5.05. The van der Waals surface area contributed by atoms with E-state index in [1.807, 2.05) is 4.90 Å². The van der Waals surface area contributed by atoms with Gasteiger partial charge in [-0.15, -0.1) is 0 Å². The molecule has 0 radical (unpaired) electrons. The minimum atomic E-state index is -0.927. The van der Waals surface area contributed by atoms with Gasteiger partial charge in [-0.2, -0.15) is 9.97 Å². The summed E-state index contributed by atoms with van der Waals surface area (Å²) < 4.78 is 0. The van der Waals surface area contributed by atoms with Crippen LogP contribution in [0.15, 0.2) is 6.33 Å². The summed E-state index contributed by atoms with van der Waals surface area (Å²) >= 11 is 0. The number of anilines is 2. The molecule has 0 saturated carbocycles. The Labute approximate surface area is 136 Å². The van der Waals surface area contributed by atoms with Gasteiger partial charge in [-0.25, -0.2) is 4.98 Å². The Hall–Kier alpha value is -2.91. The number of hydrogen-bond donors (Lipinski definition) is 4. The molecule has 2 fully saturated rings. The standard InChI is InChI=1S/C14H17N7O3/c15-13-18-10-9(16-6-17-10)11(19-13)21-3-1-14(2-4-21)7(12(23)24)5-8(22)20-14/h6-7H,1-5H2,(H,20,22)(H,23,24)(H3,15,16,17,18,19)/t7-/m0/s1. The number of imidazole rings is 1. The fourth-order valence-corrected chi connectivity index (χ4v) is 3.77. The highest BCUT2D eigenvalue weighted by atomic mass is 16.4. The Morgan fingerprint density at radius 2 is 2.12 bits per heavy atom. The first-order chi connectivity index (χ1) is 11.5. The third kappa shape index (κ3) is 2.14. The summed E-state index contributed by atoms with van der Waals surface area (Å²) in [6, 6.07) is 0. The lowest BCUT2D eigenvalue weighted by molar-refractivity contribution is -0.144. The van der Waals surface area contributed by atoms with Crippen molar-refractivity contribution in [3.63, 3.8) is 0 Å². The summed E-state index contributed by atoms with van der Waals surface area (Å²) in [7, 11) is 0. The molecule has 0 bridgehead atoms. The molecular weight excluding hydrogens is 314 g/mol. The van der Waals surface area contributed by atoms with Crippen LogP contribution in [0.1, 0.15) is 19.3 Å². The van der Waals surface area contributed by atoms with Gasteiger partial charge >= 0.3 is 5.97 Å². The Bertz CT molecular complexity index is 825. The summed E-state index contributed by atoms with van der Waals surface area (Å²) in [4.78, 5) is 40.7. The zero-order chi connectivity index (χ0) is 16.9. The van der Waals surface area contributed by atoms with E-state index in [4.69, 9.17) is 5.73 Å². The number of H-pyrrole nitrogens is 1. The van der Waals surface area contributed by atoms with Gasteiger partial charge in [-0.05, 0) is 12.8 Å². The molecule has 10 nitrogen and oxygen atoms in total. The largest absolute Gasteiger partial charge is 0.481 e. The van der Waals surface area contributed by atoms with E-state index >= 15 is 0 Å². The number of carbonyl (C=O) groups excluding carboxylic acids is 1. The molecule has 1 amide bonds. The predicted molar refractivity (Wildman–Crippen MR) is 84.2 cm³/mol. The first kappa shape index (κ1) is 14.7. The first-order valence-electron chi connectivity index (χ1n) is 7.74. The Balaban J connectivity index is 1.61. The highest BCUT2D eigenvalue weighted by molar-refractivity contribution is 5.88. The third-order valence-electron chi connectivity index (χ3n) is 4.98. The van der Waals surface area contributed by atoms with Crippen molar-refractivity contribution in [2.24, 2.45) is 5.92 Å². The lowest BCUT2D eigenvalue weighted by Gasteiger charge is -2.41. The van der Waals surface area contributed by atoms with Gasteiger partial charge in [0.05, 0.1) is 17.8 Å². The molecule has 0 unspecified atom stereocenters. The number of fused-ring (bicyclic) bond motifs is 1. The molecule has 2 aliphatic rings.